The number of carbonyl (C=O) groups excluding carboxylic acids is 3. The topological polar surface area (TPSA) is 113 Å². The summed E-state index contributed by atoms with van der Waals surface area (Å²) in [6, 6.07) is 24.7. The average Bonchev–Trinajstić information content (AvgIpc) is 3.33. The molecule has 0 saturated heterocycles. The molecule has 0 unspecified atom stereocenters. The molecular weight excluding hydrogens is 568 g/mol. The maximum atomic E-state index is 13.2. The Morgan fingerprint density at radius 2 is 1.71 bits per heavy atom. The van der Waals surface area contributed by atoms with Gasteiger partial charge in [-0.1, -0.05) is 57.5 Å². The molecule has 0 fully saturated rings. The lowest BCUT2D eigenvalue weighted by Gasteiger charge is -2.12. The van der Waals surface area contributed by atoms with Gasteiger partial charge in [-0.15, -0.1) is 11.8 Å². The Morgan fingerprint density at radius 3 is 2.42 bits per heavy atom. The minimum atomic E-state index is -0.488. The molecule has 0 radical (unpaired) electrons. The largest absolute Gasteiger partial charge is 0.360 e. The molecule has 0 atom stereocenters. The van der Waals surface area contributed by atoms with E-state index in [4.69, 9.17) is 4.52 Å². The highest BCUT2D eigenvalue weighted by atomic mass is 79.9. The second-order valence-corrected chi connectivity index (χ2v) is 10.0. The number of benzene rings is 3. The van der Waals surface area contributed by atoms with Crippen LogP contribution >= 0.6 is 27.7 Å². The van der Waals surface area contributed by atoms with Crippen molar-refractivity contribution in [2.75, 3.05) is 16.4 Å². The first-order valence-electron chi connectivity index (χ1n) is 11.5. The normalized spacial score (nSPS) is 11.1. The second kappa shape index (κ2) is 12.9. The minimum Gasteiger partial charge on any atom is -0.360 e. The zero-order chi connectivity index (χ0) is 26.9. The number of thioether (sulfide) groups is 1. The third kappa shape index (κ3) is 7.92. The third-order valence-electron chi connectivity index (χ3n) is 5.07. The molecule has 3 amide bonds. The molecule has 192 valence electrons. The summed E-state index contributed by atoms with van der Waals surface area (Å²) >= 11 is 4.70. The molecule has 10 heteroatoms. The summed E-state index contributed by atoms with van der Waals surface area (Å²) in [7, 11) is 0. The molecule has 3 N–H and O–H groups in total. The smallest absolute Gasteiger partial charge is 0.272 e. The van der Waals surface area contributed by atoms with Crippen molar-refractivity contribution in [3.63, 3.8) is 0 Å². The molecular formula is C28H23BrN4O4S. The Kier molecular flexibility index (Phi) is 9.12. The SMILES string of the molecule is Cc1cc(NC(=O)CSc2cccc(NC(=O)/C(=C/c3ccc(Br)cc3)NC(=O)c3ccccc3)c2)no1. The molecule has 1 aromatic heterocycles. The summed E-state index contributed by atoms with van der Waals surface area (Å²) in [5.41, 5.74) is 1.77. The number of halogens is 1. The van der Waals surface area contributed by atoms with Crippen molar-refractivity contribution in [1.29, 1.82) is 0 Å². The standard InChI is InChI=1S/C28H23BrN4O4S/c1-18-14-25(33-37-18)32-26(34)17-38-23-9-5-8-22(16-23)30-28(36)24(15-19-10-12-21(29)13-11-19)31-27(35)20-6-3-2-4-7-20/h2-16H,17H2,1H3,(H,30,36)(H,31,35)(H,32,33,34)/b24-15-. The lowest BCUT2D eigenvalue weighted by atomic mass is 10.1. The van der Waals surface area contributed by atoms with E-state index in [0.717, 1.165) is 14.9 Å². The van der Waals surface area contributed by atoms with Crippen molar-refractivity contribution in [2.45, 2.75) is 11.8 Å². The Bertz CT molecular complexity index is 1470. The molecule has 4 rings (SSSR count). The number of rotatable bonds is 9. The lowest BCUT2D eigenvalue weighted by Crippen LogP contribution is -2.30. The number of nitrogens with zero attached hydrogens (tertiary/aromatic N) is 1. The van der Waals surface area contributed by atoms with E-state index < -0.39 is 11.8 Å². The fourth-order valence-corrected chi connectivity index (χ4v) is 4.30. The second-order valence-electron chi connectivity index (χ2n) is 8.07. The zero-order valence-electron chi connectivity index (χ0n) is 20.2. The number of hydrogen-bond donors (Lipinski definition) is 3. The molecule has 0 aliphatic rings. The molecule has 0 saturated carbocycles. The number of anilines is 2. The van der Waals surface area contributed by atoms with E-state index in [-0.39, 0.29) is 17.4 Å². The molecule has 1 heterocycles. The van der Waals surface area contributed by atoms with Gasteiger partial charge in [-0.05, 0) is 61.0 Å². The highest BCUT2D eigenvalue weighted by Crippen LogP contribution is 2.23. The van der Waals surface area contributed by atoms with Gasteiger partial charge in [0.2, 0.25) is 5.91 Å². The van der Waals surface area contributed by atoms with E-state index in [1.807, 2.05) is 36.4 Å². The monoisotopic (exact) mass is 590 g/mol. The van der Waals surface area contributed by atoms with Gasteiger partial charge in [-0.2, -0.15) is 0 Å². The number of aromatic nitrogens is 1. The van der Waals surface area contributed by atoms with E-state index >= 15 is 0 Å². The minimum absolute atomic E-state index is 0.0847. The van der Waals surface area contributed by atoms with Crippen LogP contribution in [0.3, 0.4) is 0 Å². The number of nitrogens with one attached hydrogen (secondary N) is 3. The van der Waals surface area contributed by atoms with Crippen molar-refractivity contribution < 1.29 is 18.9 Å². The predicted octanol–water partition coefficient (Wildman–Crippen LogP) is 5.89. The molecule has 0 bridgehead atoms. The zero-order valence-corrected chi connectivity index (χ0v) is 22.6. The van der Waals surface area contributed by atoms with Crippen molar-refractivity contribution in [1.82, 2.24) is 10.5 Å². The molecule has 8 nitrogen and oxygen atoms in total. The van der Waals surface area contributed by atoms with Gasteiger partial charge < -0.3 is 20.5 Å². The summed E-state index contributed by atoms with van der Waals surface area (Å²) in [5, 5.41) is 12.0. The Morgan fingerprint density at radius 1 is 0.947 bits per heavy atom. The van der Waals surface area contributed by atoms with Crippen LogP contribution in [-0.4, -0.2) is 28.6 Å². The highest BCUT2D eigenvalue weighted by Gasteiger charge is 2.15. The van der Waals surface area contributed by atoms with Crippen LogP contribution < -0.4 is 16.0 Å². The van der Waals surface area contributed by atoms with Crippen molar-refractivity contribution in [3.8, 4) is 0 Å². The molecule has 3 aromatic carbocycles. The summed E-state index contributed by atoms with van der Waals surface area (Å²) in [6.07, 6.45) is 1.61. The highest BCUT2D eigenvalue weighted by molar-refractivity contribution is 9.10. The fraction of sp³-hybridized carbons (Fsp3) is 0.0714. The molecule has 4 aromatic rings. The van der Waals surface area contributed by atoms with Crippen LogP contribution in [-0.2, 0) is 9.59 Å². The quantitative estimate of drug-likeness (QED) is 0.165. The van der Waals surface area contributed by atoms with E-state index in [1.54, 1.807) is 61.5 Å². The number of carbonyl (C=O) groups is 3. The fourth-order valence-electron chi connectivity index (χ4n) is 3.28. The van der Waals surface area contributed by atoms with Crippen LogP contribution in [0.1, 0.15) is 21.7 Å². The summed E-state index contributed by atoms with van der Waals surface area (Å²) in [5.74, 6) is -0.0199. The van der Waals surface area contributed by atoms with Crippen molar-refractivity contribution >= 4 is 63.0 Å². The number of amides is 3. The first kappa shape index (κ1) is 26.9. The van der Waals surface area contributed by atoms with Crippen LogP contribution in [0.2, 0.25) is 0 Å². The third-order valence-corrected chi connectivity index (χ3v) is 6.59. The molecule has 0 spiro atoms. The van der Waals surface area contributed by atoms with Gasteiger partial charge in [0.25, 0.3) is 11.8 Å². The predicted molar refractivity (Wildman–Crippen MR) is 152 cm³/mol. The van der Waals surface area contributed by atoms with Crippen LogP contribution in [0, 0.1) is 6.92 Å². The first-order chi connectivity index (χ1) is 18.4. The van der Waals surface area contributed by atoms with Gasteiger partial charge in [0.1, 0.15) is 11.5 Å². The van der Waals surface area contributed by atoms with Gasteiger partial charge >= 0.3 is 0 Å². The first-order valence-corrected chi connectivity index (χ1v) is 13.2. The van der Waals surface area contributed by atoms with Gasteiger partial charge in [0.05, 0.1) is 5.75 Å². The van der Waals surface area contributed by atoms with Gasteiger partial charge in [0, 0.05) is 26.7 Å². The van der Waals surface area contributed by atoms with Crippen molar-refractivity contribution in [2.24, 2.45) is 0 Å². The van der Waals surface area contributed by atoms with Gasteiger partial charge in [-0.3, -0.25) is 14.4 Å². The van der Waals surface area contributed by atoms with E-state index in [1.165, 1.54) is 11.8 Å². The Balaban J connectivity index is 1.45. The van der Waals surface area contributed by atoms with E-state index in [0.29, 0.717) is 22.8 Å². The van der Waals surface area contributed by atoms with E-state index in [9.17, 15) is 14.4 Å². The summed E-state index contributed by atoms with van der Waals surface area (Å²) in [6.45, 7) is 1.74. The number of aryl methyl sites for hydroxylation is 1. The summed E-state index contributed by atoms with van der Waals surface area (Å²) < 4.78 is 5.84. The Labute approximate surface area is 232 Å². The van der Waals surface area contributed by atoms with Crippen LogP contribution in [0.5, 0.6) is 0 Å². The van der Waals surface area contributed by atoms with Gasteiger partial charge in [0.15, 0.2) is 5.82 Å². The maximum Gasteiger partial charge on any atom is 0.272 e. The van der Waals surface area contributed by atoms with E-state index in [2.05, 4.69) is 37.0 Å². The average molecular weight is 591 g/mol. The summed E-state index contributed by atoms with van der Waals surface area (Å²) in [4.78, 5) is 39.1. The van der Waals surface area contributed by atoms with Crippen LogP contribution in [0.15, 0.2) is 105 Å². The lowest BCUT2D eigenvalue weighted by molar-refractivity contribution is -0.114. The number of hydrogen-bond acceptors (Lipinski definition) is 6. The Hall–Kier alpha value is -4.15. The molecule has 0 aliphatic carbocycles. The molecule has 0 aliphatic heterocycles. The van der Waals surface area contributed by atoms with Crippen LogP contribution in [0.25, 0.3) is 6.08 Å². The van der Waals surface area contributed by atoms with Gasteiger partial charge in [-0.25, -0.2) is 0 Å². The van der Waals surface area contributed by atoms with Crippen LogP contribution in [0.4, 0.5) is 11.5 Å². The molecule has 38 heavy (non-hydrogen) atoms. The maximum absolute atomic E-state index is 13.2. The van der Waals surface area contributed by atoms with Crippen molar-refractivity contribution in [3.05, 3.63) is 112 Å².